The van der Waals surface area contributed by atoms with E-state index in [9.17, 15) is 9.59 Å². The molecule has 0 aromatic heterocycles. The molecule has 0 saturated heterocycles. The summed E-state index contributed by atoms with van der Waals surface area (Å²) in [5.41, 5.74) is 0.522. The molecule has 0 radical (unpaired) electrons. The molecule has 8 heteroatoms. The summed E-state index contributed by atoms with van der Waals surface area (Å²) in [4.78, 5) is 23.7. The van der Waals surface area contributed by atoms with Crippen LogP contribution < -0.4 is 20.1 Å². The second-order valence-electron chi connectivity index (χ2n) is 4.89. The van der Waals surface area contributed by atoms with Crippen molar-refractivity contribution in [3.05, 3.63) is 52.5 Å². The first-order chi connectivity index (χ1) is 12.0. The van der Waals surface area contributed by atoms with E-state index in [1.165, 1.54) is 13.2 Å². The van der Waals surface area contributed by atoms with Gasteiger partial charge in [-0.05, 0) is 30.3 Å². The van der Waals surface area contributed by atoms with Gasteiger partial charge in [-0.25, -0.2) is 0 Å². The summed E-state index contributed by atoms with van der Waals surface area (Å²) in [6, 6.07) is 11.6. The first-order valence-corrected chi connectivity index (χ1v) is 8.02. The number of anilines is 1. The maximum atomic E-state index is 11.9. The maximum Gasteiger partial charge on any atom is 0.258 e. The highest BCUT2D eigenvalue weighted by molar-refractivity contribution is 6.35. The van der Waals surface area contributed by atoms with Gasteiger partial charge in [-0.2, -0.15) is 0 Å². The molecule has 132 valence electrons. The molecule has 0 fully saturated rings. The van der Waals surface area contributed by atoms with Crippen LogP contribution >= 0.6 is 23.2 Å². The minimum absolute atomic E-state index is 0.200. The van der Waals surface area contributed by atoms with Crippen LogP contribution in [-0.4, -0.2) is 32.1 Å². The second-order valence-corrected chi connectivity index (χ2v) is 5.73. The molecule has 2 N–H and O–H groups in total. The third-order valence-electron chi connectivity index (χ3n) is 3.08. The van der Waals surface area contributed by atoms with E-state index in [0.717, 1.165) is 0 Å². The van der Waals surface area contributed by atoms with Crippen LogP contribution in [0.15, 0.2) is 42.5 Å². The van der Waals surface area contributed by atoms with Crippen molar-refractivity contribution in [3.8, 4) is 11.5 Å². The molecule has 0 aliphatic rings. The summed E-state index contributed by atoms with van der Waals surface area (Å²) in [6.07, 6.45) is 0. The van der Waals surface area contributed by atoms with Gasteiger partial charge in [0.05, 0.1) is 24.4 Å². The number of rotatable bonds is 7. The number of hydrogen-bond donors (Lipinski definition) is 2. The molecule has 2 amide bonds. The first-order valence-electron chi connectivity index (χ1n) is 7.27. The monoisotopic (exact) mass is 382 g/mol. The van der Waals surface area contributed by atoms with Gasteiger partial charge >= 0.3 is 0 Å². The fourth-order valence-corrected chi connectivity index (χ4v) is 2.37. The molecule has 0 spiro atoms. The Bertz CT molecular complexity index is 768. The number of para-hydroxylation sites is 2. The predicted octanol–water partition coefficient (Wildman–Crippen LogP) is 3.14. The molecule has 0 atom stereocenters. The molecule has 25 heavy (non-hydrogen) atoms. The Morgan fingerprint density at radius 2 is 1.80 bits per heavy atom. The highest BCUT2D eigenvalue weighted by Gasteiger charge is 2.10. The standard InChI is InChI=1S/C17H16Cl2N2O4/c1-24-15-5-3-2-4-13(15)21-16(22)9-20-17(23)10-25-14-7-6-11(18)8-12(14)19/h2-8H,9-10H2,1H3,(H,20,23)(H,21,22). The number of methoxy groups -OCH3 is 1. The van der Waals surface area contributed by atoms with Crippen molar-refractivity contribution in [1.29, 1.82) is 0 Å². The van der Waals surface area contributed by atoms with E-state index in [4.69, 9.17) is 32.7 Å². The summed E-state index contributed by atoms with van der Waals surface area (Å²) < 4.78 is 10.4. The molecule has 2 aromatic carbocycles. The summed E-state index contributed by atoms with van der Waals surface area (Å²) >= 11 is 11.7. The summed E-state index contributed by atoms with van der Waals surface area (Å²) in [7, 11) is 1.51. The summed E-state index contributed by atoms with van der Waals surface area (Å²) in [5.74, 6) is 0.0196. The highest BCUT2D eigenvalue weighted by atomic mass is 35.5. The number of benzene rings is 2. The molecule has 0 aliphatic heterocycles. The lowest BCUT2D eigenvalue weighted by molar-refractivity contribution is -0.125. The van der Waals surface area contributed by atoms with Crippen LogP contribution in [0.1, 0.15) is 0 Å². The largest absolute Gasteiger partial charge is 0.495 e. The van der Waals surface area contributed by atoms with Crippen LogP contribution in [0.2, 0.25) is 10.0 Å². The van der Waals surface area contributed by atoms with Gasteiger partial charge in [0.2, 0.25) is 5.91 Å². The molecule has 6 nitrogen and oxygen atoms in total. The number of ether oxygens (including phenoxy) is 2. The number of hydrogen-bond acceptors (Lipinski definition) is 4. The van der Waals surface area contributed by atoms with Gasteiger partial charge in [-0.3, -0.25) is 9.59 Å². The number of halogens is 2. The Labute approximate surface area is 155 Å². The lowest BCUT2D eigenvalue weighted by Crippen LogP contribution is -2.35. The van der Waals surface area contributed by atoms with E-state index in [0.29, 0.717) is 27.2 Å². The Morgan fingerprint density at radius 1 is 1.04 bits per heavy atom. The average molecular weight is 383 g/mol. The quantitative estimate of drug-likeness (QED) is 0.770. The number of carbonyl (C=O) groups is 2. The van der Waals surface area contributed by atoms with Gasteiger partial charge in [-0.1, -0.05) is 35.3 Å². The SMILES string of the molecule is COc1ccccc1NC(=O)CNC(=O)COc1ccc(Cl)cc1Cl. The normalized spacial score (nSPS) is 10.0. The van der Waals surface area contributed by atoms with Crippen LogP contribution in [0.4, 0.5) is 5.69 Å². The topological polar surface area (TPSA) is 76.7 Å². The van der Waals surface area contributed by atoms with Crippen LogP contribution in [0, 0.1) is 0 Å². The molecule has 2 aromatic rings. The molecule has 0 aliphatic carbocycles. The zero-order valence-electron chi connectivity index (χ0n) is 13.3. The zero-order valence-corrected chi connectivity index (χ0v) is 14.9. The Balaban J connectivity index is 1.78. The van der Waals surface area contributed by atoms with Crippen molar-refractivity contribution in [2.75, 3.05) is 25.6 Å². The lowest BCUT2D eigenvalue weighted by atomic mass is 10.3. The van der Waals surface area contributed by atoms with Gasteiger partial charge < -0.3 is 20.1 Å². The van der Waals surface area contributed by atoms with Crippen molar-refractivity contribution in [3.63, 3.8) is 0 Å². The fraction of sp³-hybridized carbons (Fsp3) is 0.176. The van der Waals surface area contributed by atoms with E-state index < -0.39 is 5.91 Å². The zero-order chi connectivity index (χ0) is 18.2. The fourth-order valence-electron chi connectivity index (χ4n) is 1.91. The maximum absolute atomic E-state index is 11.9. The molecule has 0 unspecified atom stereocenters. The van der Waals surface area contributed by atoms with E-state index in [1.54, 1.807) is 36.4 Å². The highest BCUT2D eigenvalue weighted by Crippen LogP contribution is 2.27. The van der Waals surface area contributed by atoms with Gasteiger partial charge in [0.25, 0.3) is 5.91 Å². The van der Waals surface area contributed by atoms with Crippen molar-refractivity contribution in [2.45, 2.75) is 0 Å². The summed E-state index contributed by atoms with van der Waals surface area (Å²) in [5, 5.41) is 5.87. The van der Waals surface area contributed by atoms with Gasteiger partial charge in [-0.15, -0.1) is 0 Å². The predicted molar refractivity (Wildman–Crippen MR) is 96.6 cm³/mol. The first kappa shape index (κ1) is 18.9. The van der Waals surface area contributed by atoms with E-state index >= 15 is 0 Å². The van der Waals surface area contributed by atoms with Crippen LogP contribution in [-0.2, 0) is 9.59 Å². The van der Waals surface area contributed by atoms with E-state index in [-0.39, 0.29) is 19.1 Å². The van der Waals surface area contributed by atoms with Crippen molar-refractivity contribution in [1.82, 2.24) is 5.32 Å². The Morgan fingerprint density at radius 3 is 2.52 bits per heavy atom. The molecular weight excluding hydrogens is 367 g/mol. The molecule has 0 bridgehead atoms. The third kappa shape index (κ3) is 5.85. The van der Waals surface area contributed by atoms with Crippen molar-refractivity contribution >= 4 is 40.7 Å². The smallest absolute Gasteiger partial charge is 0.258 e. The van der Waals surface area contributed by atoms with E-state index in [1.807, 2.05) is 0 Å². The Hall–Kier alpha value is -2.44. The average Bonchev–Trinajstić information content (AvgIpc) is 2.59. The minimum Gasteiger partial charge on any atom is -0.495 e. The van der Waals surface area contributed by atoms with Gasteiger partial charge in [0.1, 0.15) is 11.5 Å². The number of amides is 2. The molecular formula is C17H16Cl2N2O4. The second kappa shape index (κ2) is 9.15. The molecule has 2 rings (SSSR count). The Kier molecular flexibility index (Phi) is 6.91. The molecule has 0 heterocycles. The number of nitrogens with one attached hydrogen (secondary N) is 2. The lowest BCUT2D eigenvalue weighted by Gasteiger charge is -2.11. The third-order valence-corrected chi connectivity index (χ3v) is 3.61. The van der Waals surface area contributed by atoms with Gasteiger partial charge in [0.15, 0.2) is 6.61 Å². The van der Waals surface area contributed by atoms with Gasteiger partial charge in [0, 0.05) is 5.02 Å². The van der Waals surface area contributed by atoms with Crippen molar-refractivity contribution < 1.29 is 19.1 Å². The summed E-state index contributed by atoms with van der Waals surface area (Å²) in [6.45, 7) is -0.474. The van der Waals surface area contributed by atoms with E-state index in [2.05, 4.69) is 10.6 Å². The number of carbonyl (C=O) groups excluding carboxylic acids is 2. The minimum atomic E-state index is -0.457. The molecule has 0 saturated carbocycles. The van der Waals surface area contributed by atoms with Crippen LogP contribution in [0.25, 0.3) is 0 Å². The van der Waals surface area contributed by atoms with Crippen LogP contribution in [0.5, 0.6) is 11.5 Å². The van der Waals surface area contributed by atoms with Crippen molar-refractivity contribution in [2.24, 2.45) is 0 Å². The van der Waals surface area contributed by atoms with Crippen LogP contribution in [0.3, 0.4) is 0 Å².